The van der Waals surface area contributed by atoms with Crippen molar-refractivity contribution >= 4 is 40.1 Å². The number of halogens is 1. The minimum Gasteiger partial charge on any atom is -0.345 e. The molecule has 0 unspecified atom stereocenters. The summed E-state index contributed by atoms with van der Waals surface area (Å²) in [5.74, 6) is -0.746. The van der Waals surface area contributed by atoms with Crippen molar-refractivity contribution in [2.45, 2.75) is 0 Å². The zero-order chi connectivity index (χ0) is 16.2. The molecule has 0 aliphatic rings. The molecular weight excluding hydrogens is 316 g/mol. The van der Waals surface area contributed by atoms with Crippen LogP contribution in [-0.2, 0) is 4.79 Å². The largest absolute Gasteiger partial charge is 0.345 e. The number of nitrogens with zero attached hydrogens (tertiary/aromatic N) is 1. The molecule has 3 rings (SSSR count). The summed E-state index contributed by atoms with van der Waals surface area (Å²) >= 11 is 5.94. The molecule has 0 atom stereocenters. The zero-order valence-corrected chi connectivity index (χ0v) is 12.7. The Morgan fingerprint density at radius 1 is 1.13 bits per heavy atom. The van der Waals surface area contributed by atoms with Gasteiger partial charge in [-0.2, -0.15) is 0 Å². The van der Waals surface area contributed by atoms with Gasteiger partial charge in [0.15, 0.2) is 0 Å². The number of anilines is 1. The molecule has 0 radical (unpaired) electrons. The highest BCUT2D eigenvalue weighted by Crippen LogP contribution is 2.19. The second-order valence-corrected chi connectivity index (χ2v) is 5.22. The highest BCUT2D eigenvalue weighted by Gasteiger charge is 2.12. The Morgan fingerprint density at radius 2 is 1.96 bits per heavy atom. The van der Waals surface area contributed by atoms with Gasteiger partial charge in [0.2, 0.25) is 5.91 Å². The van der Waals surface area contributed by atoms with Crippen molar-refractivity contribution in [1.29, 1.82) is 0 Å². The summed E-state index contributed by atoms with van der Waals surface area (Å²) in [5, 5.41) is 5.60. The highest BCUT2D eigenvalue weighted by atomic mass is 35.5. The van der Waals surface area contributed by atoms with Gasteiger partial charge < -0.3 is 15.6 Å². The number of aromatic nitrogens is 2. The highest BCUT2D eigenvalue weighted by molar-refractivity contribution is 6.33. The van der Waals surface area contributed by atoms with Crippen LogP contribution in [0.15, 0.2) is 48.8 Å². The van der Waals surface area contributed by atoms with Crippen molar-refractivity contribution in [1.82, 2.24) is 15.3 Å². The van der Waals surface area contributed by atoms with E-state index in [9.17, 15) is 9.59 Å². The molecule has 1 aromatic heterocycles. The van der Waals surface area contributed by atoms with Crippen LogP contribution in [0.1, 0.15) is 10.4 Å². The van der Waals surface area contributed by atoms with Gasteiger partial charge in [-0.1, -0.05) is 29.8 Å². The van der Waals surface area contributed by atoms with E-state index in [0.717, 1.165) is 5.52 Å². The van der Waals surface area contributed by atoms with Crippen LogP contribution in [0.4, 0.5) is 5.69 Å². The number of carbonyl (C=O) groups is 2. The number of hydrogen-bond acceptors (Lipinski definition) is 3. The summed E-state index contributed by atoms with van der Waals surface area (Å²) in [4.78, 5) is 31.1. The third kappa shape index (κ3) is 3.32. The van der Waals surface area contributed by atoms with E-state index in [2.05, 4.69) is 20.6 Å². The number of carbonyl (C=O) groups excluding carboxylic acids is 2. The maximum absolute atomic E-state index is 12.0. The Hall–Kier alpha value is -2.86. The van der Waals surface area contributed by atoms with Crippen molar-refractivity contribution < 1.29 is 9.59 Å². The first-order chi connectivity index (χ1) is 11.1. The Balaban J connectivity index is 1.63. The molecule has 2 aromatic carbocycles. The third-order valence-corrected chi connectivity index (χ3v) is 3.58. The lowest BCUT2D eigenvalue weighted by Crippen LogP contribution is -2.33. The minimum absolute atomic E-state index is 0.162. The fourth-order valence-electron chi connectivity index (χ4n) is 2.16. The predicted molar refractivity (Wildman–Crippen MR) is 88.5 cm³/mol. The molecule has 3 N–H and O–H groups in total. The molecule has 7 heteroatoms. The lowest BCUT2D eigenvalue weighted by Gasteiger charge is -2.08. The Labute approximate surface area is 136 Å². The molecule has 0 saturated heterocycles. The van der Waals surface area contributed by atoms with Crippen LogP contribution >= 0.6 is 11.6 Å². The number of H-pyrrole nitrogens is 1. The predicted octanol–water partition coefficient (Wildman–Crippen LogP) is 2.58. The first kappa shape index (κ1) is 15.1. The van der Waals surface area contributed by atoms with Gasteiger partial charge in [0.1, 0.15) is 5.52 Å². The van der Waals surface area contributed by atoms with Crippen LogP contribution in [0.2, 0.25) is 5.02 Å². The summed E-state index contributed by atoms with van der Waals surface area (Å²) in [6, 6.07) is 12.1. The molecule has 0 aliphatic carbocycles. The number of hydrogen-bond donors (Lipinski definition) is 3. The molecule has 0 bridgehead atoms. The summed E-state index contributed by atoms with van der Waals surface area (Å²) in [5.41, 5.74) is 2.40. The second-order valence-electron chi connectivity index (χ2n) is 4.81. The van der Waals surface area contributed by atoms with E-state index in [-0.39, 0.29) is 12.5 Å². The first-order valence-electron chi connectivity index (χ1n) is 6.90. The van der Waals surface area contributed by atoms with Crippen LogP contribution < -0.4 is 10.6 Å². The second kappa shape index (κ2) is 6.50. The van der Waals surface area contributed by atoms with Gasteiger partial charge in [0.05, 0.1) is 34.7 Å². The van der Waals surface area contributed by atoms with E-state index in [1.165, 1.54) is 0 Å². The van der Waals surface area contributed by atoms with Crippen LogP contribution in [0.5, 0.6) is 0 Å². The average molecular weight is 329 g/mol. The topological polar surface area (TPSA) is 86.9 Å². The van der Waals surface area contributed by atoms with E-state index >= 15 is 0 Å². The lowest BCUT2D eigenvalue weighted by molar-refractivity contribution is -0.115. The number of imidazole rings is 1. The Bertz CT molecular complexity index is 875. The summed E-state index contributed by atoms with van der Waals surface area (Å²) < 4.78 is 0. The number of benzene rings is 2. The lowest BCUT2D eigenvalue weighted by atomic mass is 10.2. The van der Waals surface area contributed by atoms with E-state index in [1.807, 2.05) is 6.07 Å². The molecule has 23 heavy (non-hydrogen) atoms. The monoisotopic (exact) mass is 328 g/mol. The van der Waals surface area contributed by atoms with Crippen LogP contribution in [0.3, 0.4) is 0 Å². The molecule has 1 heterocycles. The van der Waals surface area contributed by atoms with Crippen molar-refractivity contribution in [3.63, 3.8) is 0 Å². The standard InChI is InChI=1S/C16H13ClN4O2/c17-11-5-2-1-4-10(11)16(23)18-8-14(22)21-13-7-3-6-12-15(13)20-9-19-12/h1-7,9H,8H2,(H,18,23)(H,19,20)(H,21,22). The molecular formula is C16H13ClN4O2. The zero-order valence-electron chi connectivity index (χ0n) is 12.0. The van der Waals surface area contributed by atoms with E-state index in [1.54, 1.807) is 42.7 Å². The molecule has 0 saturated carbocycles. The smallest absolute Gasteiger partial charge is 0.253 e. The van der Waals surface area contributed by atoms with Gasteiger partial charge in [0.25, 0.3) is 5.91 Å². The van der Waals surface area contributed by atoms with Crippen molar-refractivity contribution in [2.24, 2.45) is 0 Å². The van der Waals surface area contributed by atoms with Crippen molar-refractivity contribution in [2.75, 3.05) is 11.9 Å². The Kier molecular flexibility index (Phi) is 4.25. The SMILES string of the molecule is O=C(CNC(=O)c1ccccc1Cl)Nc1cccc2[nH]cnc12. The Morgan fingerprint density at radius 3 is 2.78 bits per heavy atom. The van der Waals surface area contributed by atoms with E-state index < -0.39 is 5.91 Å². The number of amides is 2. The van der Waals surface area contributed by atoms with Gasteiger partial charge in [0, 0.05) is 0 Å². The molecule has 0 aliphatic heterocycles. The molecule has 6 nitrogen and oxygen atoms in total. The number of fused-ring (bicyclic) bond motifs is 1. The number of aromatic amines is 1. The fraction of sp³-hybridized carbons (Fsp3) is 0.0625. The van der Waals surface area contributed by atoms with E-state index in [4.69, 9.17) is 11.6 Å². The van der Waals surface area contributed by atoms with Crippen molar-refractivity contribution in [3.05, 3.63) is 59.4 Å². The number of nitrogens with one attached hydrogen (secondary N) is 3. The fourth-order valence-corrected chi connectivity index (χ4v) is 2.38. The summed E-state index contributed by atoms with van der Waals surface area (Å²) in [7, 11) is 0. The quantitative estimate of drug-likeness (QED) is 0.688. The molecule has 0 fully saturated rings. The third-order valence-electron chi connectivity index (χ3n) is 3.25. The maximum atomic E-state index is 12.0. The molecule has 3 aromatic rings. The van der Waals surface area contributed by atoms with Gasteiger partial charge in [-0.25, -0.2) is 4.98 Å². The number of para-hydroxylation sites is 1. The van der Waals surface area contributed by atoms with E-state index in [0.29, 0.717) is 21.8 Å². The first-order valence-corrected chi connectivity index (χ1v) is 7.27. The van der Waals surface area contributed by atoms with Gasteiger partial charge >= 0.3 is 0 Å². The van der Waals surface area contributed by atoms with Crippen LogP contribution in [0, 0.1) is 0 Å². The molecule has 0 spiro atoms. The van der Waals surface area contributed by atoms with Gasteiger partial charge in [-0.15, -0.1) is 0 Å². The van der Waals surface area contributed by atoms with Crippen molar-refractivity contribution in [3.8, 4) is 0 Å². The summed E-state index contributed by atoms with van der Waals surface area (Å²) in [6.07, 6.45) is 1.56. The molecule has 116 valence electrons. The minimum atomic E-state index is -0.399. The normalized spacial score (nSPS) is 10.5. The van der Waals surface area contributed by atoms with Crippen LogP contribution in [-0.4, -0.2) is 28.3 Å². The number of rotatable bonds is 4. The summed E-state index contributed by atoms with van der Waals surface area (Å²) in [6.45, 7) is -0.162. The van der Waals surface area contributed by atoms with Gasteiger partial charge in [-0.3, -0.25) is 9.59 Å². The average Bonchev–Trinajstić information content (AvgIpc) is 3.03. The van der Waals surface area contributed by atoms with Gasteiger partial charge in [-0.05, 0) is 24.3 Å². The molecule has 2 amide bonds. The maximum Gasteiger partial charge on any atom is 0.253 e. The van der Waals surface area contributed by atoms with Crippen LogP contribution in [0.25, 0.3) is 11.0 Å².